The van der Waals surface area contributed by atoms with E-state index in [1.807, 2.05) is 7.05 Å². The van der Waals surface area contributed by atoms with Gasteiger partial charge in [0.15, 0.2) is 11.6 Å². The number of likely N-dealkylation sites (N-methyl/N-ethyl adjacent to an activating group) is 1. The fraction of sp³-hybridized carbons (Fsp3) is 0.160. The Morgan fingerprint density at radius 3 is 2.49 bits per heavy atom. The number of hydrogen-bond acceptors (Lipinski definition) is 8. The summed E-state index contributed by atoms with van der Waals surface area (Å²) < 4.78 is 62.3. The summed E-state index contributed by atoms with van der Waals surface area (Å²) in [6.07, 6.45) is 2.99. The van der Waals surface area contributed by atoms with Gasteiger partial charge in [0.1, 0.15) is 0 Å². The first-order valence-electron chi connectivity index (χ1n) is 11.2. The first-order valence-corrected chi connectivity index (χ1v) is 12.9. The van der Waals surface area contributed by atoms with E-state index in [1.165, 1.54) is 6.20 Å². The molecule has 4 aromatic rings. The van der Waals surface area contributed by atoms with Crippen LogP contribution in [-0.4, -0.2) is 43.5 Å². The molecule has 12 heteroatoms. The monoisotopic (exact) mass is 526 g/mol. The number of nitrogens with zero attached hydrogens (tertiary/aromatic N) is 3. The number of benzene rings is 2. The van der Waals surface area contributed by atoms with E-state index in [1.54, 1.807) is 54.7 Å². The minimum Gasteiger partial charge on any atom is -0.435 e. The highest BCUT2D eigenvalue weighted by atomic mass is 32.2. The predicted octanol–water partition coefficient (Wildman–Crippen LogP) is 4.18. The summed E-state index contributed by atoms with van der Waals surface area (Å²) >= 11 is 0. The van der Waals surface area contributed by atoms with Crippen LogP contribution in [0.5, 0.6) is 11.6 Å². The van der Waals surface area contributed by atoms with Gasteiger partial charge in [-0.25, -0.2) is 27.8 Å². The normalized spacial score (nSPS) is 11.2. The van der Waals surface area contributed by atoms with Gasteiger partial charge in [-0.1, -0.05) is 30.3 Å². The first-order chi connectivity index (χ1) is 17.9. The molecular formula is C25H24F2N6O3S. The molecule has 0 bridgehead atoms. The van der Waals surface area contributed by atoms with Crippen LogP contribution in [0.3, 0.4) is 0 Å². The molecule has 0 aliphatic carbocycles. The highest BCUT2D eigenvalue weighted by Crippen LogP contribution is 2.34. The Morgan fingerprint density at radius 1 is 0.892 bits per heavy atom. The highest BCUT2D eigenvalue weighted by Gasteiger charge is 2.21. The van der Waals surface area contributed by atoms with Crippen molar-refractivity contribution in [2.24, 2.45) is 0 Å². The van der Waals surface area contributed by atoms with E-state index in [2.05, 4.69) is 30.3 Å². The number of nitrogens with one attached hydrogen (secondary N) is 3. The standard InChI is InChI=1S/C25H24F2N6O3S/c1-28-14-15-31-25-30-13-11-19(32-25)18-8-5-12-29-24(18)36-21-10-9-20(22(26)23(21)27)33-37(34,35)16-17-6-3-2-4-7-17/h2-13,28,33H,14-16H2,1H3,(H,30,31,32). The van der Waals surface area contributed by atoms with E-state index in [0.717, 1.165) is 12.1 Å². The molecule has 0 aliphatic heterocycles. The Kier molecular flexibility index (Phi) is 8.21. The van der Waals surface area contributed by atoms with Gasteiger partial charge in [0.2, 0.25) is 27.7 Å². The molecule has 0 fully saturated rings. The molecule has 0 saturated carbocycles. The molecule has 0 aliphatic rings. The lowest BCUT2D eigenvalue weighted by atomic mass is 10.2. The Morgan fingerprint density at radius 2 is 1.70 bits per heavy atom. The van der Waals surface area contributed by atoms with E-state index in [9.17, 15) is 17.2 Å². The van der Waals surface area contributed by atoms with Crippen LogP contribution < -0.4 is 20.1 Å². The number of aromatic nitrogens is 3. The van der Waals surface area contributed by atoms with Crippen LogP contribution in [0.25, 0.3) is 11.3 Å². The van der Waals surface area contributed by atoms with Crippen molar-refractivity contribution in [1.29, 1.82) is 0 Å². The van der Waals surface area contributed by atoms with Crippen LogP contribution in [0.4, 0.5) is 20.4 Å². The Hall–Kier alpha value is -4.16. The molecule has 192 valence electrons. The fourth-order valence-electron chi connectivity index (χ4n) is 3.35. The van der Waals surface area contributed by atoms with Crippen LogP contribution in [0.2, 0.25) is 0 Å². The second-order valence-electron chi connectivity index (χ2n) is 7.84. The zero-order valence-corrected chi connectivity index (χ0v) is 20.6. The molecule has 37 heavy (non-hydrogen) atoms. The van der Waals surface area contributed by atoms with E-state index in [-0.39, 0.29) is 5.88 Å². The van der Waals surface area contributed by atoms with Crippen molar-refractivity contribution in [2.45, 2.75) is 5.75 Å². The summed E-state index contributed by atoms with van der Waals surface area (Å²) in [4.78, 5) is 12.7. The molecule has 0 unspecified atom stereocenters. The summed E-state index contributed by atoms with van der Waals surface area (Å²) in [6, 6.07) is 15.5. The van der Waals surface area contributed by atoms with Crippen molar-refractivity contribution in [3.05, 3.63) is 90.3 Å². The SMILES string of the molecule is CNCCNc1nccc(-c2cccnc2Oc2ccc(NS(=O)(=O)Cc3ccccc3)c(F)c2F)n1. The van der Waals surface area contributed by atoms with Crippen LogP contribution in [-0.2, 0) is 15.8 Å². The predicted molar refractivity (Wildman–Crippen MR) is 137 cm³/mol. The molecule has 0 saturated heterocycles. The summed E-state index contributed by atoms with van der Waals surface area (Å²) in [6.45, 7) is 1.31. The van der Waals surface area contributed by atoms with Gasteiger partial charge in [0.25, 0.3) is 0 Å². The number of anilines is 2. The van der Waals surface area contributed by atoms with Crippen molar-refractivity contribution in [3.8, 4) is 22.9 Å². The quantitative estimate of drug-likeness (QED) is 0.249. The molecule has 4 rings (SSSR count). The summed E-state index contributed by atoms with van der Waals surface area (Å²) in [5.41, 5.74) is 0.851. The molecule has 0 atom stereocenters. The smallest absolute Gasteiger partial charge is 0.237 e. The first kappa shape index (κ1) is 25.9. The lowest BCUT2D eigenvalue weighted by molar-refractivity contribution is 0.407. The number of pyridine rings is 1. The van der Waals surface area contributed by atoms with Crippen molar-refractivity contribution in [3.63, 3.8) is 0 Å². The second kappa shape index (κ2) is 11.7. The van der Waals surface area contributed by atoms with Gasteiger partial charge in [-0.05, 0) is 42.9 Å². The van der Waals surface area contributed by atoms with Gasteiger partial charge in [-0.15, -0.1) is 0 Å². The van der Waals surface area contributed by atoms with Gasteiger partial charge in [0.05, 0.1) is 22.7 Å². The number of ether oxygens (including phenoxy) is 1. The zero-order chi connectivity index (χ0) is 26.3. The van der Waals surface area contributed by atoms with E-state index >= 15 is 0 Å². The number of halogens is 2. The summed E-state index contributed by atoms with van der Waals surface area (Å²) in [5, 5.41) is 6.08. The van der Waals surface area contributed by atoms with Crippen molar-refractivity contribution in [1.82, 2.24) is 20.3 Å². The molecule has 2 aromatic carbocycles. The van der Waals surface area contributed by atoms with Crippen molar-refractivity contribution in [2.75, 3.05) is 30.2 Å². The van der Waals surface area contributed by atoms with Crippen molar-refractivity contribution < 1.29 is 21.9 Å². The van der Waals surface area contributed by atoms with Crippen LogP contribution in [0, 0.1) is 11.6 Å². The van der Waals surface area contributed by atoms with Gasteiger partial charge in [-0.2, -0.15) is 4.39 Å². The van der Waals surface area contributed by atoms with Gasteiger partial charge >= 0.3 is 0 Å². The van der Waals surface area contributed by atoms with Crippen LogP contribution in [0.1, 0.15) is 5.56 Å². The molecule has 9 nitrogen and oxygen atoms in total. The molecule has 2 heterocycles. The lowest BCUT2D eigenvalue weighted by Crippen LogP contribution is -2.18. The fourth-order valence-corrected chi connectivity index (χ4v) is 4.55. The van der Waals surface area contributed by atoms with E-state index in [0.29, 0.717) is 35.9 Å². The van der Waals surface area contributed by atoms with Crippen LogP contribution in [0.15, 0.2) is 73.1 Å². The molecule has 0 radical (unpaired) electrons. The van der Waals surface area contributed by atoms with Gasteiger partial charge < -0.3 is 15.4 Å². The topological polar surface area (TPSA) is 118 Å². The summed E-state index contributed by atoms with van der Waals surface area (Å²) in [7, 11) is -2.16. The van der Waals surface area contributed by atoms with E-state index < -0.39 is 38.8 Å². The average Bonchev–Trinajstić information content (AvgIpc) is 2.89. The minimum absolute atomic E-state index is 0.0157. The molecule has 0 spiro atoms. The molecular weight excluding hydrogens is 502 g/mol. The second-order valence-corrected chi connectivity index (χ2v) is 9.56. The third-order valence-electron chi connectivity index (χ3n) is 5.08. The largest absolute Gasteiger partial charge is 0.435 e. The lowest BCUT2D eigenvalue weighted by Gasteiger charge is -2.13. The summed E-state index contributed by atoms with van der Waals surface area (Å²) in [5.74, 6) is -3.26. The maximum absolute atomic E-state index is 14.9. The third-order valence-corrected chi connectivity index (χ3v) is 6.32. The van der Waals surface area contributed by atoms with Crippen LogP contribution >= 0.6 is 0 Å². The number of sulfonamides is 1. The maximum atomic E-state index is 14.9. The highest BCUT2D eigenvalue weighted by molar-refractivity contribution is 7.91. The maximum Gasteiger partial charge on any atom is 0.237 e. The molecule has 2 aromatic heterocycles. The molecule has 3 N–H and O–H groups in total. The Balaban J connectivity index is 1.55. The zero-order valence-electron chi connectivity index (χ0n) is 19.8. The van der Waals surface area contributed by atoms with Gasteiger partial charge in [0, 0.05) is 25.5 Å². The van der Waals surface area contributed by atoms with E-state index in [4.69, 9.17) is 4.74 Å². The Bertz CT molecular complexity index is 1470. The average molecular weight is 527 g/mol. The molecule has 0 amide bonds. The minimum atomic E-state index is -3.99. The van der Waals surface area contributed by atoms with Gasteiger partial charge in [-0.3, -0.25) is 4.72 Å². The number of rotatable bonds is 11. The third kappa shape index (κ3) is 6.74. The Labute approximate surface area is 213 Å². The number of hydrogen-bond donors (Lipinski definition) is 3. The van der Waals surface area contributed by atoms with Crippen molar-refractivity contribution >= 4 is 21.7 Å².